The third-order valence-corrected chi connectivity index (χ3v) is 7.67. The number of hydrogen-bond acceptors (Lipinski definition) is 6. The van der Waals surface area contributed by atoms with E-state index in [1.165, 1.54) is 43.5 Å². The fraction of sp³-hybridized carbons (Fsp3) is 0.212. The summed E-state index contributed by atoms with van der Waals surface area (Å²) in [6, 6.07) is 19.9. The van der Waals surface area contributed by atoms with E-state index in [0.717, 1.165) is 6.07 Å². The number of carboxylic acid groups (broad SMARTS) is 1. The second kappa shape index (κ2) is 12.0. The van der Waals surface area contributed by atoms with Crippen molar-refractivity contribution < 1.29 is 33.0 Å². The second-order valence-electron chi connectivity index (χ2n) is 10.3. The van der Waals surface area contributed by atoms with E-state index >= 15 is 4.39 Å². The highest BCUT2D eigenvalue weighted by atomic mass is 19.1. The number of carbonyl (C=O) groups is 2. The molecule has 0 bridgehead atoms. The molecule has 218 valence electrons. The minimum absolute atomic E-state index is 0.0466. The number of hydrogen-bond donors (Lipinski definition) is 1. The highest BCUT2D eigenvalue weighted by Gasteiger charge is 2.46. The lowest BCUT2D eigenvalue weighted by atomic mass is 9.87. The molecule has 0 radical (unpaired) electrons. The van der Waals surface area contributed by atoms with E-state index in [1.807, 2.05) is 13.0 Å². The molecule has 0 saturated heterocycles. The molecule has 0 unspecified atom stereocenters. The van der Waals surface area contributed by atoms with E-state index in [1.54, 1.807) is 35.2 Å². The van der Waals surface area contributed by atoms with Gasteiger partial charge in [-0.15, -0.1) is 0 Å². The van der Waals surface area contributed by atoms with Crippen molar-refractivity contribution in [1.82, 2.24) is 9.88 Å². The van der Waals surface area contributed by atoms with E-state index in [0.29, 0.717) is 35.4 Å². The Morgan fingerprint density at radius 3 is 2.51 bits per heavy atom. The molecule has 0 aliphatic carbocycles. The molecule has 1 aliphatic rings. The number of benzene rings is 3. The molecule has 1 aromatic heterocycles. The summed E-state index contributed by atoms with van der Waals surface area (Å²) in [5.41, 5.74) is 1.73. The predicted molar refractivity (Wildman–Crippen MR) is 152 cm³/mol. The highest BCUT2D eigenvalue weighted by molar-refractivity contribution is 6.01. The zero-order valence-electron chi connectivity index (χ0n) is 23.4. The quantitative estimate of drug-likeness (QED) is 0.241. The fourth-order valence-electron chi connectivity index (χ4n) is 5.19. The van der Waals surface area contributed by atoms with E-state index in [4.69, 9.17) is 14.7 Å². The molecule has 1 amide bonds. The third kappa shape index (κ3) is 5.80. The molecule has 2 heterocycles. The molecule has 4 aromatic rings. The van der Waals surface area contributed by atoms with Gasteiger partial charge in [0.2, 0.25) is 5.88 Å². The summed E-state index contributed by atoms with van der Waals surface area (Å²) < 4.78 is 40.7. The number of carbonyl (C=O) groups excluding carboxylic acids is 1. The van der Waals surface area contributed by atoms with Gasteiger partial charge in [0.05, 0.1) is 28.4 Å². The molecule has 1 N–H and O–H groups in total. The molecule has 0 fully saturated rings. The average Bonchev–Trinajstić information content (AvgIpc) is 3.21. The maximum atomic E-state index is 15.5. The van der Waals surface area contributed by atoms with Gasteiger partial charge in [-0.05, 0) is 61.4 Å². The average molecular weight is 584 g/mol. The first-order valence-corrected chi connectivity index (χ1v) is 13.4. The number of aromatic nitrogens is 1. The predicted octanol–water partition coefficient (Wildman–Crippen LogP) is 6.08. The van der Waals surface area contributed by atoms with Crippen LogP contribution in [-0.4, -0.2) is 40.6 Å². The summed E-state index contributed by atoms with van der Waals surface area (Å²) >= 11 is 0. The Hall–Kier alpha value is -5.14. The van der Waals surface area contributed by atoms with Crippen LogP contribution in [-0.2, 0) is 23.4 Å². The maximum Gasteiger partial charge on any atom is 0.335 e. The van der Waals surface area contributed by atoms with Gasteiger partial charge in [-0.25, -0.2) is 18.6 Å². The van der Waals surface area contributed by atoms with Crippen molar-refractivity contribution >= 4 is 11.9 Å². The number of fused-ring (bicyclic) bond motifs is 1. The monoisotopic (exact) mass is 583 g/mol. The minimum Gasteiger partial charge on any atom is -0.478 e. The lowest BCUT2D eigenvalue weighted by molar-refractivity contribution is 0.0449. The van der Waals surface area contributed by atoms with Crippen LogP contribution >= 0.6 is 0 Å². The Balaban J connectivity index is 1.37. The molecule has 8 nitrogen and oxygen atoms in total. The normalized spacial score (nSPS) is 15.7. The lowest BCUT2D eigenvalue weighted by Crippen LogP contribution is -2.42. The van der Waals surface area contributed by atoms with Gasteiger partial charge in [0, 0.05) is 48.6 Å². The highest BCUT2D eigenvalue weighted by Crippen LogP contribution is 2.43. The molecule has 43 heavy (non-hydrogen) atoms. The number of amides is 1. The largest absolute Gasteiger partial charge is 0.478 e. The number of ether oxygens (including phenoxy) is 2. The Labute approximate surface area is 246 Å². The van der Waals surface area contributed by atoms with Crippen LogP contribution < -0.4 is 4.74 Å². The third-order valence-electron chi connectivity index (χ3n) is 7.67. The van der Waals surface area contributed by atoms with Gasteiger partial charge in [-0.2, -0.15) is 5.26 Å². The van der Waals surface area contributed by atoms with Crippen LogP contribution in [0, 0.1) is 23.0 Å². The zero-order chi connectivity index (χ0) is 30.7. The fourth-order valence-corrected chi connectivity index (χ4v) is 5.19. The topological polar surface area (TPSA) is 113 Å². The summed E-state index contributed by atoms with van der Waals surface area (Å²) in [7, 11) is 1.54. The second-order valence-corrected chi connectivity index (χ2v) is 10.3. The van der Waals surface area contributed by atoms with Crippen molar-refractivity contribution in [2.24, 2.45) is 0 Å². The van der Waals surface area contributed by atoms with Crippen LogP contribution in [0.4, 0.5) is 8.78 Å². The molecule has 1 atom stereocenters. The molecule has 1 aliphatic heterocycles. The standard InChI is InChI=1S/C33H27F2N3O5/c1-33(12-13-42-2)26-15-22(32(40)41)10-11-25(26)31(39)38(33)18-23-9-8-21(16-28(23)35)29-4-3-5-30(37-29)43-19-24-7-6-20(17-36)14-27(24)34/h3-11,14-16H,12-13,18-19H2,1-2H3,(H,40,41)/t33-/m1/s1. The number of methoxy groups -OCH3 is 1. The van der Waals surface area contributed by atoms with Crippen LogP contribution in [0.1, 0.15) is 56.3 Å². The van der Waals surface area contributed by atoms with Crippen LogP contribution in [0.3, 0.4) is 0 Å². The van der Waals surface area contributed by atoms with Crippen molar-refractivity contribution in [2.75, 3.05) is 13.7 Å². The summed E-state index contributed by atoms with van der Waals surface area (Å²) in [6.45, 7) is 1.98. The Kier molecular flexibility index (Phi) is 8.19. The van der Waals surface area contributed by atoms with Gasteiger partial charge in [-0.3, -0.25) is 4.79 Å². The summed E-state index contributed by atoms with van der Waals surface area (Å²) in [5.74, 6) is -2.32. The molecular formula is C33H27F2N3O5. The summed E-state index contributed by atoms with van der Waals surface area (Å²) in [5, 5.41) is 18.4. The van der Waals surface area contributed by atoms with Crippen LogP contribution in [0.25, 0.3) is 11.3 Å². The summed E-state index contributed by atoms with van der Waals surface area (Å²) in [6.07, 6.45) is 0.383. The number of halogens is 2. The Morgan fingerprint density at radius 2 is 1.81 bits per heavy atom. The van der Waals surface area contributed by atoms with Crippen molar-refractivity contribution in [2.45, 2.75) is 32.0 Å². The number of carboxylic acids is 1. The number of rotatable bonds is 10. The molecule has 3 aromatic carbocycles. The number of aromatic carboxylic acids is 1. The van der Waals surface area contributed by atoms with E-state index in [2.05, 4.69) is 4.98 Å². The number of pyridine rings is 1. The van der Waals surface area contributed by atoms with Gasteiger partial charge in [0.15, 0.2) is 0 Å². The Bertz CT molecular complexity index is 1770. The van der Waals surface area contributed by atoms with Crippen molar-refractivity contribution in [1.29, 1.82) is 5.26 Å². The maximum absolute atomic E-state index is 15.5. The SMILES string of the molecule is COCC[C@]1(C)c2cc(C(=O)O)ccc2C(=O)N1Cc1ccc(-c2cccc(OCc3ccc(C#N)cc3F)n2)cc1F. The summed E-state index contributed by atoms with van der Waals surface area (Å²) in [4.78, 5) is 31.1. The van der Waals surface area contributed by atoms with E-state index < -0.39 is 23.1 Å². The Morgan fingerprint density at radius 1 is 1.05 bits per heavy atom. The van der Waals surface area contributed by atoms with Crippen LogP contribution in [0.2, 0.25) is 0 Å². The van der Waals surface area contributed by atoms with Gasteiger partial charge >= 0.3 is 5.97 Å². The first-order chi connectivity index (χ1) is 20.6. The van der Waals surface area contributed by atoms with Gasteiger partial charge in [0.1, 0.15) is 18.2 Å². The van der Waals surface area contributed by atoms with Crippen LogP contribution in [0.5, 0.6) is 5.88 Å². The number of nitriles is 1. The van der Waals surface area contributed by atoms with Crippen LogP contribution in [0.15, 0.2) is 72.8 Å². The molecular weight excluding hydrogens is 556 g/mol. The molecule has 0 spiro atoms. The zero-order valence-corrected chi connectivity index (χ0v) is 23.4. The van der Waals surface area contributed by atoms with E-state index in [-0.39, 0.29) is 47.2 Å². The first kappa shape index (κ1) is 29.4. The van der Waals surface area contributed by atoms with Crippen molar-refractivity contribution in [3.05, 3.63) is 118 Å². The van der Waals surface area contributed by atoms with Crippen molar-refractivity contribution in [3.63, 3.8) is 0 Å². The van der Waals surface area contributed by atoms with Crippen molar-refractivity contribution in [3.8, 4) is 23.2 Å². The van der Waals surface area contributed by atoms with E-state index in [9.17, 15) is 19.1 Å². The van der Waals surface area contributed by atoms with Gasteiger partial charge < -0.3 is 19.5 Å². The number of nitrogens with zero attached hydrogens (tertiary/aromatic N) is 3. The lowest BCUT2D eigenvalue weighted by Gasteiger charge is -2.36. The first-order valence-electron chi connectivity index (χ1n) is 13.4. The smallest absolute Gasteiger partial charge is 0.335 e. The van der Waals surface area contributed by atoms with Gasteiger partial charge in [0.25, 0.3) is 5.91 Å². The minimum atomic E-state index is -1.10. The van der Waals surface area contributed by atoms with Gasteiger partial charge in [-0.1, -0.05) is 24.3 Å². The molecule has 10 heteroatoms. The molecule has 5 rings (SSSR count). The molecule has 0 saturated carbocycles.